The molecule has 0 atom stereocenters. The summed E-state index contributed by atoms with van der Waals surface area (Å²) in [6.45, 7) is 1.95. The van der Waals surface area contributed by atoms with Gasteiger partial charge in [-0.15, -0.1) is 0 Å². The van der Waals surface area contributed by atoms with Crippen molar-refractivity contribution >= 4 is 22.4 Å². The fourth-order valence-corrected chi connectivity index (χ4v) is 3.53. The number of aromatic nitrogens is 6. The number of hydrogen-bond donors (Lipinski definition) is 3. The lowest BCUT2D eigenvalue weighted by atomic mass is 10.0. The number of benzene rings is 1. The molecule has 0 bridgehead atoms. The van der Waals surface area contributed by atoms with Crippen molar-refractivity contribution in [1.29, 1.82) is 0 Å². The number of H-pyrrole nitrogens is 1. The average molecular weight is 396 g/mol. The normalized spacial score (nSPS) is 11.2. The summed E-state index contributed by atoms with van der Waals surface area (Å²) in [5.41, 5.74) is 19.9. The van der Waals surface area contributed by atoms with Gasteiger partial charge >= 0.3 is 0 Å². The number of fused-ring (bicyclic) bond motifs is 1. The van der Waals surface area contributed by atoms with Gasteiger partial charge in [0, 0.05) is 36.3 Å². The van der Waals surface area contributed by atoms with Gasteiger partial charge in [0.1, 0.15) is 11.3 Å². The first-order valence-corrected chi connectivity index (χ1v) is 9.50. The molecule has 4 heterocycles. The molecule has 148 valence electrons. The lowest BCUT2D eigenvalue weighted by molar-refractivity contribution is 1.03. The highest BCUT2D eigenvalue weighted by molar-refractivity contribution is 5.83. The van der Waals surface area contributed by atoms with E-state index in [0.717, 1.165) is 44.9 Å². The first-order chi connectivity index (χ1) is 14.6. The maximum absolute atomic E-state index is 6.26. The summed E-state index contributed by atoms with van der Waals surface area (Å²) in [6, 6.07) is 7.82. The minimum absolute atomic E-state index is 0.562. The Labute approximate surface area is 172 Å². The number of imidazole rings is 2. The Morgan fingerprint density at radius 3 is 2.67 bits per heavy atom. The van der Waals surface area contributed by atoms with Gasteiger partial charge in [0.25, 0.3) is 0 Å². The van der Waals surface area contributed by atoms with E-state index in [2.05, 4.69) is 26.0 Å². The Bertz CT molecular complexity index is 1360. The van der Waals surface area contributed by atoms with Crippen LogP contribution in [0.5, 0.6) is 0 Å². The Morgan fingerprint density at radius 2 is 1.87 bits per heavy atom. The summed E-state index contributed by atoms with van der Waals surface area (Å²) in [5.74, 6) is 0.811. The van der Waals surface area contributed by atoms with Crippen molar-refractivity contribution in [3.05, 3.63) is 78.7 Å². The van der Waals surface area contributed by atoms with E-state index in [1.54, 1.807) is 31.1 Å². The predicted octanol–water partition coefficient (Wildman–Crippen LogP) is 3.27. The molecule has 0 aliphatic rings. The highest BCUT2D eigenvalue weighted by Crippen LogP contribution is 2.27. The largest absolute Gasteiger partial charge is 0.398 e. The van der Waals surface area contributed by atoms with E-state index in [-0.39, 0.29) is 0 Å². The minimum atomic E-state index is 0.562. The molecule has 5 aromatic rings. The van der Waals surface area contributed by atoms with E-state index in [0.29, 0.717) is 17.8 Å². The summed E-state index contributed by atoms with van der Waals surface area (Å²) >= 11 is 0. The van der Waals surface area contributed by atoms with Crippen molar-refractivity contribution in [1.82, 2.24) is 29.5 Å². The average Bonchev–Trinajstić information content (AvgIpc) is 3.35. The van der Waals surface area contributed by atoms with Crippen molar-refractivity contribution in [3.8, 4) is 16.8 Å². The molecule has 0 aliphatic heterocycles. The van der Waals surface area contributed by atoms with Crippen molar-refractivity contribution in [2.24, 2.45) is 0 Å². The van der Waals surface area contributed by atoms with Crippen LogP contribution in [0, 0.1) is 6.92 Å². The predicted molar refractivity (Wildman–Crippen MR) is 117 cm³/mol. The van der Waals surface area contributed by atoms with Crippen molar-refractivity contribution in [2.75, 3.05) is 11.5 Å². The molecule has 4 aromatic heterocycles. The molecule has 0 fully saturated rings. The van der Waals surface area contributed by atoms with Gasteiger partial charge in [-0.2, -0.15) is 0 Å². The third-order valence-corrected chi connectivity index (χ3v) is 5.01. The zero-order valence-electron chi connectivity index (χ0n) is 16.4. The van der Waals surface area contributed by atoms with Gasteiger partial charge in [-0.25, -0.2) is 9.97 Å². The van der Waals surface area contributed by atoms with E-state index >= 15 is 0 Å². The Balaban J connectivity index is 1.52. The first kappa shape index (κ1) is 17.9. The lowest BCUT2D eigenvalue weighted by Gasteiger charge is -2.08. The number of aryl methyl sites for hydroxylation is 1. The number of nitrogens with one attached hydrogen (secondary N) is 1. The summed E-state index contributed by atoms with van der Waals surface area (Å²) in [4.78, 5) is 21.0. The fourth-order valence-electron chi connectivity index (χ4n) is 3.53. The molecule has 1 aromatic carbocycles. The number of hydrogen-bond acceptors (Lipinski definition) is 6. The monoisotopic (exact) mass is 396 g/mol. The lowest BCUT2D eigenvalue weighted by Crippen LogP contribution is -1.98. The molecule has 0 saturated heterocycles. The van der Waals surface area contributed by atoms with Crippen LogP contribution in [0.25, 0.3) is 27.8 Å². The smallest absolute Gasteiger partial charge is 0.116 e. The number of nitrogens with zero attached hydrogens (tertiary/aromatic N) is 5. The third kappa shape index (κ3) is 3.24. The molecule has 0 aliphatic carbocycles. The molecule has 30 heavy (non-hydrogen) atoms. The van der Waals surface area contributed by atoms with Crippen LogP contribution in [0.1, 0.15) is 17.1 Å². The van der Waals surface area contributed by atoms with Gasteiger partial charge < -0.3 is 21.0 Å². The Kier molecular flexibility index (Phi) is 4.17. The molecule has 8 nitrogen and oxygen atoms in total. The fraction of sp³-hybridized carbons (Fsp3) is 0.0909. The van der Waals surface area contributed by atoms with Crippen molar-refractivity contribution in [3.63, 3.8) is 0 Å². The summed E-state index contributed by atoms with van der Waals surface area (Å²) in [5, 5.41) is 0. The van der Waals surface area contributed by atoms with E-state index in [9.17, 15) is 0 Å². The van der Waals surface area contributed by atoms with Crippen LogP contribution in [-0.4, -0.2) is 29.5 Å². The van der Waals surface area contributed by atoms with Crippen LogP contribution in [0.2, 0.25) is 0 Å². The number of pyridine rings is 2. The van der Waals surface area contributed by atoms with Crippen LogP contribution in [0.4, 0.5) is 11.4 Å². The zero-order chi connectivity index (χ0) is 20.7. The SMILES string of the molecule is Cc1cn(-c2cncc3[nH]c(Cc4cc(-c5cncc(N)c5)ccc4N)nc23)cn1. The summed E-state index contributed by atoms with van der Waals surface area (Å²) in [6.07, 6.45) is 11.3. The molecule has 0 spiro atoms. The molecule has 0 saturated carbocycles. The quantitative estimate of drug-likeness (QED) is 0.401. The first-order valence-electron chi connectivity index (χ1n) is 9.50. The van der Waals surface area contributed by atoms with Crippen LogP contribution in [0.15, 0.2) is 61.6 Å². The molecule has 0 radical (unpaired) electrons. The number of anilines is 2. The van der Waals surface area contributed by atoms with E-state index in [1.165, 1.54) is 0 Å². The highest BCUT2D eigenvalue weighted by atomic mass is 15.1. The molecule has 8 heteroatoms. The van der Waals surface area contributed by atoms with Gasteiger partial charge in [-0.05, 0) is 36.2 Å². The number of aromatic amines is 1. The summed E-state index contributed by atoms with van der Waals surface area (Å²) < 4.78 is 1.93. The third-order valence-electron chi connectivity index (χ3n) is 5.01. The van der Waals surface area contributed by atoms with Gasteiger partial charge in [0.15, 0.2) is 0 Å². The molecule has 0 unspecified atom stereocenters. The van der Waals surface area contributed by atoms with Gasteiger partial charge in [0.2, 0.25) is 0 Å². The topological polar surface area (TPSA) is 124 Å². The standard InChI is InChI=1S/C22H20N8/c1-13-11-30(12-27-13)20-10-26-9-19-22(20)29-21(28-19)6-15-4-14(2-3-18(15)24)16-5-17(23)8-25-7-16/h2-5,7-12H,6,23-24H2,1H3,(H,28,29). The molecular formula is C22H20N8. The van der Waals surface area contributed by atoms with Crippen molar-refractivity contribution < 1.29 is 0 Å². The molecule has 5 rings (SSSR count). The Morgan fingerprint density at radius 1 is 1.00 bits per heavy atom. The van der Waals surface area contributed by atoms with Crippen LogP contribution in [0.3, 0.4) is 0 Å². The van der Waals surface area contributed by atoms with Crippen LogP contribution < -0.4 is 11.5 Å². The zero-order valence-corrected chi connectivity index (χ0v) is 16.4. The number of nitrogens with two attached hydrogens (primary N) is 2. The van der Waals surface area contributed by atoms with Gasteiger partial charge in [-0.1, -0.05) is 6.07 Å². The second-order valence-corrected chi connectivity index (χ2v) is 7.26. The van der Waals surface area contributed by atoms with Gasteiger partial charge in [-0.3, -0.25) is 9.97 Å². The summed E-state index contributed by atoms with van der Waals surface area (Å²) in [7, 11) is 0. The maximum atomic E-state index is 6.26. The second-order valence-electron chi connectivity index (χ2n) is 7.26. The van der Waals surface area contributed by atoms with Crippen LogP contribution in [-0.2, 0) is 6.42 Å². The minimum Gasteiger partial charge on any atom is -0.398 e. The van der Waals surface area contributed by atoms with E-state index < -0.39 is 0 Å². The van der Waals surface area contributed by atoms with E-state index in [1.807, 2.05) is 35.9 Å². The van der Waals surface area contributed by atoms with Crippen LogP contribution >= 0.6 is 0 Å². The molecular weight excluding hydrogens is 376 g/mol. The molecule has 5 N–H and O–H groups in total. The van der Waals surface area contributed by atoms with Crippen molar-refractivity contribution in [2.45, 2.75) is 13.3 Å². The van der Waals surface area contributed by atoms with E-state index in [4.69, 9.17) is 16.5 Å². The maximum Gasteiger partial charge on any atom is 0.116 e. The number of nitrogen functional groups attached to an aromatic ring is 2. The second kappa shape index (κ2) is 7.00. The van der Waals surface area contributed by atoms with Gasteiger partial charge in [0.05, 0.1) is 41.3 Å². The highest BCUT2D eigenvalue weighted by Gasteiger charge is 2.12. The number of rotatable bonds is 4. The molecule has 0 amide bonds. The Hall–Kier alpha value is -4.20.